The van der Waals surface area contributed by atoms with Crippen LogP contribution in [0.3, 0.4) is 0 Å². The van der Waals surface area contributed by atoms with Gasteiger partial charge in [-0.05, 0) is 0 Å². The van der Waals surface area contributed by atoms with Gasteiger partial charge in [-0.1, -0.05) is 11.8 Å². The topological polar surface area (TPSA) is 28.0 Å². The zero-order valence-electron chi connectivity index (χ0n) is 4.63. The molecule has 0 atom stereocenters. The van der Waals surface area contributed by atoms with E-state index < -0.39 is 0 Å². The lowest BCUT2D eigenvalue weighted by atomic mass is 11.0. The summed E-state index contributed by atoms with van der Waals surface area (Å²) in [4.78, 5) is 0. The molecular weight excluding hydrogens is 90.1 g/mol. The molecule has 0 aliphatic heterocycles. The summed E-state index contributed by atoms with van der Waals surface area (Å²) in [5, 5.41) is 8.60. The van der Waals surface area contributed by atoms with E-state index >= 15 is 0 Å². The second kappa shape index (κ2) is 3.33. The van der Waals surface area contributed by atoms with Crippen molar-refractivity contribution in [1.29, 1.82) is 0 Å². The third-order valence-corrected chi connectivity index (χ3v) is 0.495. The first-order valence-corrected chi connectivity index (χ1v) is 1.96. The Bertz CT molecular complexity index is 77.0. The molecule has 3 heteroatoms. The van der Waals surface area contributed by atoms with Crippen LogP contribution in [0.25, 0.3) is 0 Å². The molecule has 0 radical (unpaired) electrons. The van der Waals surface area contributed by atoms with E-state index in [1.165, 1.54) is 5.01 Å². The van der Waals surface area contributed by atoms with Crippen LogP contribution in [0.4, 0.5) is 0 Å². The van der Waals surface area contributed by atoms with Crippen molar-refractivity contribution < 1.29 is 0 Å². The van der Waals surface area contributed by atoms with Gasteiger partial charge < -0.3 is 0 Å². The highest BCUT2D eigenvalue weighted by atomic mass is 15.5. The van der Waals surface area contributed by atoms with Crippen LogP contribution in [-0.4, -0.2) is 19.1 Å². The molecule has 0 saturated heterocycles. The normalized spacial score (nSPS) is 9.43. The first-order chi connectivity index (χ1) is 3.31. The van der Waals surface area contributed by atoms with Crippen molar-refractivity contribution in [2.75, 3.05) is 14.1 Å². The van der Waals surface area contributed by atoms with Gasteiger partial charge in [-0.2, -0.15) is 5.11 Å². The van der Waals surface area contributed by atoms with Crippen LogP contribution >= 0.6 is 0 Å². The van der Waals surface area contributed by atoms with Crippen molar-refractivity contribution in [2.45, 2.75) is 0 Å². The van der Waals surface area contributed by atoms with Crippen LogP contribution in [-0.2, 0) is 0 Å². The van der Waals surface area contributed by atoms with E-state index in [2.05, 4.69) is 16.9 Å². The fraction of sp³-hybridized carbons (Fsp3) is 0.500. The molecule has 3 nitrogen and oxygen atoms in total. The molecule has 0 spiro atoms. The Labute approximate surface area is 43.3 Å². The quantitative estimate of drug-likeness (QED) is 0.375. The van der Waals surface area contributed by atoms with Crippen molar-refractivity contribution in [1.82, 2.24) is 5.01 Å². The molecule has 0 bridgehead atoms. The standard InChI is InChI=1S/C4H9N3/c1-4-7(3)6-5-2/h4H,1H2,2-3H3/b6-5-. The lowest BCUT2D eigenvalue weighted by Crippen LogP contribution is -1.96. The zero-order valence-corrected chi connectivity index (χ0v) is 4.63. The van der Waals surface area contributed by atoms with Gasteiger partial charge in [-0.15, -0.1) is 0 Å². The Kier molecular flexibility index (Phi) is 2.92. The third-order valence-electron chi connectivity index (χ3n) is 0.495. The Morgan fingerprint density at radius 2 is 2.29 bits per heavy atom. The summed E-state index contributed by atoms with van der Waals surface area (Å²) in [7, 11) is 3.38. The first kappa shape index (κ1) is 6.14. The second-order valence-electron chi connectivity index (χ2n) is 1.05. The van der Waals surface area contributed by atoms with Crippen LogP contribution in [0, 0.1) is 0 Å². The summed E-state index contributed by atoms with van der Waals surface area (Å²) in [6.45, 7) is 3.45. The van der Waals surface area contributed by atoms with Gasteiger partial charge in [-0.25, -0.2) is 0 Å². The second-order valence-corrected chi connectivity index (χ2v) is 1.05. The summed E-state index contributed by atoms with van der Waals surface area (Å²) in [5.74, 6) is 0. The average Bonchev–Trinajstić information content (AvgIpc) is 1.68. The first-order valence-electron chi connectivity index (χ1n) is 1.96. The molecular formula is C4H9N3. The fourth-order valence-electron chi connectivity index (χ4n) is 0.178. The number of hydrogen-bond acceptors (Lipinski definition) is 2. The van der Waals surface area contributed by atoms with E-state index in [0.29, 0.717) is 0 Å². The molecule has 0 aliphatic rings. The summed E-state index contributed by atoms with van der Waals surface area (Å²) >= 11 is 0. The maximum Gasteiger partial charge on any atom is 0.0509 e. The molecule has 0 unspecified atom stereocenters. The molecule has 40 valence electrons. The Morgan fingerprint density at radius 3 is 2.43 bits per heavy atom. The molecule has 0 amide bonds. The SMILES string of the molecule is C=CN(C)/N=N\C. The minimum atomic E-state index is 1.53. The van der Waals surface area contributed by atoms with Gasteiger partial charge in [0.25, 0.3) is 0 Å². The van der Waals surface area contributed by atoms with E-state index in [-0.39, 0.29) is 0 Å². The van der Waals surface area contributed by atoms with Crippen LogP contribution in [0.1, 0.15) is 0 Å². The van der Waals surface area contributed by atoms with Crippen molar-refractivity contribution >= 4 is 0 Å². The van der Waals surface area contributed by atoms with Gasteiger partial charge >= 0.3 is 0 Å². The van der Waals surface area contributed by atoms with E-state index in [9.17, 15) is 0 Å². The van der Waals surface area contributed by atoms with Gasteiger partial charge in [0.2, 0.25) is 0 Å². The lowest BCUT2D eigenvalue weighted by Gasteiger charge is -1.98. The van der Waals surface area contributed by atoms with E-state index in [1.807, 2.05) is 0 Å². The summed E-state index contributed by atoms with van der Waals surface area (Å²) in [6, 6.07) is 0. The Morgan fingerprint density at radius 1 is 1.71 bits per heavy atom. The summed E-state index contributed by atoms with van der Waals surface area (Å²) in [5.41, 5.74) is 0. The monoisotopic (exact) mass is 99.1 g/mol. The zero-order chi connectivity index (χ0) is 5.70. The Balaban J connectivity index is 3.35. The van der Waals surface area contributed by atoms with Gasteiger partial charge in [-0.3, -0.25) is 5.01 Å². The summed E-state index contributed by atoms with van der Waals surface area (Å²) < 4.78 is 0. The van der Waals surface area contributed by atoms with Gasteiger partial charge in [0.15, 0.2) is 0 Å². The maximum absolute atomic E-state index is 3.58. The highest BCUT2D eigenvalue weighted by Gasteiger charge is 1.73. The maximum atomic E-state index is 3.58. The number of rotatable bonds is 2. The molecule has 0 aromatic heterocycles. The molecule has 0 N–H and O–H groups in total. The fourth-order valence-corrected chi connectivity index (χ4v) is 0.178. The average molecular weight is 99.1 g/mol. The summed E-state index contributed by atoms with van der Waals surface area (Å²) in [6.07, 6.45) is 1.58. The predicted molar refractivity (Wildman–Crippen MR) is 28.7 cm³/mol. The lowest BCUT2D eigenvalue weighted by molar-refractivity contribution is 0.454. The number of nitrogens with zero attached hydrogens (tertiary/aromatic N) is 3. The smallest absolute Gasteiger partial charge is 0.0509 e. The Hall–Kier alpha value is -0.860. The van der Waals surface area contributed by atoms with E-state index in [4.69, 9.17) is 0 Å². The molecule has 0 fully saturated rings. The predicted octanol–water partition coefficient (Wildman–Crippen LogP) is 1.06. The minimum absolute atomic E-state index is 1.53. The largest absolute Gasteiger partial charge is 0.258 e. The van der Waals surface area contributed by atoms with Crippen molar-refractivity contribution in [3.05, 3.63) is 12.8 Å². The van der Waals surface area contributed by atoms with Crippen molar-refractivity contribution in [3.8, 4) is 0 Å². The molecule has 0 aromatic carbocycles. The minimum Gasteiger partial charge on any atom is -0.258 e. The third kappa shape index (κ3) is 2.96. The molecule has 7 heavy (non-hydrogen) atoms. The number of hydrogen-bond donors (Lipinski definition) is 0. The molecule has 0 aliphatic carbocycles. The van der Waals surface area contributed by atoms with Crippen LogP contribution in [0.5, 0.6) is 0 Å². The van der Waals surface area contributed by atoms with E-state index in [1.54, 1.807) is 20.3 Å². The van der Waals surface area contributed by atoms with Crippen LogP contribution in [0.15, 0.2) is 23.1 Å². The van der Waals surface area contributed by atoms with Gasteiger partial charge in [0.05, 0.1) is 7.05 Å². The molecule has 0 heterocycles. The van der Waals surface area contributed by atoms with Gasteiger partial charge in [0, 0.05) is 13.2 Å². The molecule has 0 aromatic rings. The highest BCUT2D eigenvalue weighted by molar-refractivity contribution is 4.59. The van der Waals surface area contributed by atoms with Crippen molar-refractivity contribution in [2.24, 2.45) is 10.3 Å². The highest BCUT2D eigenvalue weighted by Crippen LogP contribution is 1.80. The van der Waals surface area contributed by atoms with Crippen LogP contribution in [0.2, 0.25) is 0 Å². The molecule has 0 saturated carbocycles. The van der Waals surface area contributed by atoms with E-state index in [0.717, 1.165) is 0 Å². The van der Waals surface area contributed by atoms with Crippen molar-refractivity contribution in [3.63, 3.8) is 0 Å². The van der Waals surface area contributed by atoms with Crippen LogP contribution < -0.4 is 0 Å². The molecule has 0 rings (SSSR count). The van der Waals surface area contributed by atoms with Gasteiger partial charge in [0.1, 0.15) is 0 Å².